The van der Waals surface area contributed by atoms with Crippen molar-refractivity contribution in [3.05, 3.63) is 57.6 Å². The highest BCUT2D eigenvalue weighted by molar-refractivity contribution is 7.16. The molecule has 1 amide bonds. The third kappa shape index (κ3) is 2.91. The van der Waals surface area contributed by atoms with Gasteiger partial charge in [-0.05, 0) is 29.7 Å². The molecule has 0 atom stereocenters. The highest BCUT2D eigenvalue weighted by atomic mass is 32.1. The Hall–Kier alpha value is -2.44. The number of para-hydroxylation sites is 1. The summed E-state index contributed by atoms with van der Waals surface area (Å²) in [6.07, 6.45) is 3.32. The Balaban J connectivity index is 1.54. The number of hydrogen-bond donors (Lipinski definition) is 1. The quantitative estimate of drug-likeness (QED) is 0.718. The topological polar surface area (TPSA) is 51.2 Å². The number of carbonyl (C=O) groups is 1. The van der Waals surface area contributed by atoms with Crippen LogP contribution in [0.1, 0.15) is 9.75 Å². The minimum absolute atomic E-state index is 0.182. The zero-order valence-electron chi connectivity index (χ0n) is 12.0. The summed E-state index contributed by atoms with van der Waals surface area (Å²) in [4.78, 5) is 18.6. The third-order valence-electron chi connectivity index (χ3n) is 3.37. The van der Waals surface area contributed by atoms with E-state index in [2.05, 4.69) is 10.3 Å². The highest BCUT2D eigenvalue weighted by Crippen LogP contribution is 2.40. The van der Waals surface area contributed by atoms with Crippen LogP contribution in [0.15, 0.2) is 47.9 Å². The lowest BCUT2D eigenvalue weighted by Gasteiger charge is -2.15. The van der Waals surface area contributed by atoms with E-state index in [0.29, 0.717) is 11.7 Å². The van der Waals surface area contributed by atoms with E-state index in [9.17, 15) is 4.79 Å². The molecule has 2 aromatic heterocycles. The molecular formula is C17H12N2O2S2. The van der Waals surface area contributed by atoms with Gasteiger partial charge >= 0.3 is 0 Å². The standard InChI is InChI=1S/C17H12N2O2S2/c20-15(8-7-11-4-3-9-22-11)18-17-19-16-12-5-1-2-6-13(12)21-10-14(16)23-17/h1-9H,10H2,(H,18,19,20)/b8-7+. The number of benzene rings is 1. The van der Waals surface area contributed by atoms with E-state index in [1.807, 2.05) is 41.8 Å². The van der Waals surface area contributed by atoms with Crippen LogP contribution >= 0.6 is 22.7 Å². The van der Waals surface area contributed by atoms with E-state index in [1.54, 1.807) is 17.4 Å². The van der Waals surface area contributed by atoms with Crippen LogP contribution < -0.4 is 10.1 Å². The van der Waals surface area contributed by atoms with Crippen LogP contribution in [0.5, 0.6) is 5.75 Å². The number of amides is 1. The number of fused-ring (bicyclic) bond motifs is 3. The fourth-order valence-corrected chi connectivity index (χ4v) is 3.85. The summed E-state index contributed by atoms with van der Waals surface area (Å²) in [6, 6.07) is 11.7. The molecule has 0 fully saturated rings. The normalized spacial score (nSPS) is 12.5. The van der Waals surface area contributed by atoms with Gasteiger partial charge in [0.25, 0.3) is 0 Å². The average Bonchev–Trinajstić information content (AvgIpc) is 3.22. The van der Waals surface area contributed by atoms with Crippen molar-refractivity contribution in [3.8, 4) is 17.0 Å². The number of nitrogens with zero attached hydrogens (tertiary/aromatic N) is 1. The van der Waals surface area contributed by atoms with E-state index >= 15 is 0 Å². The molecule has 0 unspecified atom stereocenters. The molecule has 0 saturated heterocycles. The monoisotopic (exact) mass is 340 g/mol. The average molecular weight is 340 g/mol. The number of carbonyl (C=O) groups excluding carboxylic acids is 1. The van der Waals surface area contributed by atoms with E-state index in [4.69, 9.17) is 4.74 Å². The molecule has 23 heavy (non-hydrogen) atoms. The second kappa shape index (κ2) is 5.98. The minimum Gasteiger partial charge on any atom is -0.487 e. The molecule has 0 radical (unpaired) electrons. The number of anilines is 1. The second-order valence-electron chi connectivity index (χ2n) is 4.91. The van der Waals surface area contributed by atoms with Gasteiger partial charge in [-0.25, -0.2) is 4.98 Å². The van der Waals surface area contributed by atoms with Gasteiger partial charge in [-0.1, -0.05) is 29.5 Å². The molecule has 0 spiro atoms. The SMILES string of the molecule is O=C(/C=C/c1cccs1)Nc1nc2c(s1)COc1ccccc1-2. The predicted octanol–water partition coefficient (Wildman–Crippen LogP) is 4.42. The fourth-order valence-electron chi connectivity index (χ4n) is 2.34. The maximum absolute atomic E-state index is 12.0. The molecule has 1 aliphatic rings. The fraction of sp³-hybridized carbons (Fsp3) is 0.0588. The summed E-state index contributed by atoms with van der Waals surface area (Å²) in [7, 11) is 0. The van der Waals surface area contributed by atoms with E-state index in [0.717, 1.165) is 26.8 Å². The zero-order chi connectivity index (χ0) is 15.6. The first-order chi connectivity index (χ1) is 11.3. The van der Waals surface area contributed by atoms with Crippen molar-refractivity contribution in [2.75, 3.05) is 5.32 Å². The molecule has 1 N–H and O–H groups in total. The molecule has 114 valence electrons. The first kappa shape index (κ1) is 14.2. The van der Waals surface area contributed by atoms with Crippen molar-refractivity contribution in [3.63, 3.8) is 0 Å². The Morgan fingerprint density at radius 1 is 1.26 bits per heavy atom. The third-order valence-corrected chi connectivity index (χ3v) is 5.15. The number of nitrogens with one attached hydrogen (secondary N) is 1. The van der Waals surface area contributed by atoms with Crippen LogP contribution in [0.4, 0.5) is 5.13 Å². The first-order valence-corrected chi connectivity index (χ1v) is 8.74. The Kier molecular flexibility index (Phi) is 3.69. The molecule has 1 aliphatic heterocycles. The number of rotatable bonds is 3. The molecular weight excluding hydrogens is 328 g/mol. The lowest BCUT2D eigenvalue weighted by Crippen LogP contribution is -2.07. The highest BCUT2D eigenvalue weighted by Gasteiger charge is 2.21. The van der Waals surface area contributed by atoms with Gasteiger partial charge in [0, 0.05) is 16.5 Å². The molecule has 1 aromatic carbocycles. The van der Waals surface area contributed by atoms with E-state index < -0.39 is 0 Å². The summed E-state index contributed by atoms with van der Waals surface area (Å²) in [6.45, 7) is 0.491. The van der Waals surface area contributed by atoms with Gasteiger partial charge in [-0.15, -0.1) is 11.3 Å². The molecule has 0 saturated carbocycles. The van der Waals surface area contributed by atoms with Crippen LogP contribution in [0.25, 0.3) is 17.3 Å². The van der Waals surface area contributed by atoms with Gasteiger partial charge in [0.2, 0.25) is 5.91 Å². The van der Waals surface area contributed by atoms with Gasteiger partial charge in [-0.3, -0.25) is 10.1 Å². The minimum atomic E-state index is -0.182. The second-order valence-corrected chi connectivity index (χ2v) is 6.98. The number of aromatic nitrogens is 1. The van der Waals surface area contributed by atoms with Crippen molar-refractivity contribution in [2.45, 2.75) is 6.61 Å². The van der Waals surface area contributed by atoms with Gasteiger partial charge < -0.3 is 4.74 Å². The van der Waals surface area contributed by atoms with Gasteiger partial charge in [0.1, 0.15) is 12.4 Å². The lowest BCUT2D eigenvalue weighted by atomic mass is 10.1. The van der Waals surface area contributed by atoms with E-state index in [-0.39, 0.29) is 5.91 Å². The number of thiophene rings is 1. The van der Waals surface area contributed by atoms with E-state index in [1.165, 1.54) is 17.4 Å². The molecule has 4 nitrogen and oxygen atoms in total. The van der Waals surface area contributed by atoms with Gasteiger partial charge in [-0.2, -0.15) is 0 Å². The Labute approximate surface area is 141 Å². The number of thiazole rings is 1. The Morgan fingerprint density at radius 2 is 2.17 bits per heavy atom. The first-order valence-electron chi connectivity index (χ1n) is 7.04. The number of ether oxygens (including phenoxy) is 1. The van der Waals surface area contributed by atoms with Crippen LogP contribution in [0.3, 0.4) is 0 Å². The zero-order valence-corrected chi connectivity index (χ0v) is 13.6. The van der Waals surface area contributed by atoms with Crippen LogP contribution in [-0.2, 0) is 11.4 Å². The van der Waals surface area contributed by atoms with Gasteiger partial charge in [0.05, 0.1) is 10.6 Å². The van der Waals surface area contributed by atoms with Crippen LogP contribution in [-0.4, -0.2) is 10.9 Å². The van der Waals surface area contributed by atoms with Crippen molar-refractivity contribution >= 4 is 39.8 Å². The molecule has 4 rings (SSSR count). The molecule has 3 heterocycles. The Bertz CT molecular complexity index is 882. The summed E-state index contributed by atoms with van der Waals surface area (Å²) in [5, 5.41) is 5.39. The van der Waals surface area contributed by atoms with Crippen molar-refractivity contribution in [1.29, 1.82) is 0 Å². The van der Waals surface area contributed by atoms with Crippen molar-refractivity contribution in [2.24, 2.45) is 0 Å². The van der Waals surface area contributed by atoms with Crippen molar-refractivity contribution < 1.29 is 9.53 Å². The maximum Gasteiger partial charge on any atom is 0.250 e. The summed E-state index contributed by atoms with van der Waals surface area (Å²) in [5.41, 5.74) is 1.87. The summed E-state index contributed by atoms with van der Waals surface area (Å²) in [5.74, 6) is 0.652. The van der Waals surface area contributed by atoms with Crippen LogP contribution in [0.2, 0.25) is 0 Å². The summed E-state index contributed by atoms with van der Waals surface area (Å²) < 4.78 is 5.71. The van der Waals surface area contributed by atoms with Crippen molar-refractivity contribution in [1.82, 2.24) is 4.98 Å². The Morgan fingerprint density at radius 3 is 3.04 bits per heavy atom. The predicted molar refractivity (Wildman–Crippen MR) is 93.9 cm³/mol. The smallest absolute Gasteiger partial charge is 0.250 e. The maximum atomic E-state index is 12.0. The largest absolute Gasteiger partial charge is 0.487 e. The number of hydrogen-bond acceptors (Lipinski definition) is 5. The molecule has 6 heteroatoms. The lowest BCUT2D eigenvalue weighted by molar-refractivity contribution is -0.111. The molecule has 0 aliphatic carbocycles. The molecule has 0 bridgehead atoms. The summed E-state index contributed by atoms with van der Waals surface area (Å²) >= 11 is 3.04. The molecule has 3 aromatic rings. The van der Waals surface area contributed by atoms with Gasteiger partial charge in [0.15, 0.2) is 5.13 Å². The van der Waals surface area contributed by atoms with Crippen LogP contribution in [0, 0.1) is 0 Å².